The molecule has 0 bridgehead atoms. The van der Waals surface area contributed by atoms with Gasteiger partial charge in [0.2, 0.25) is 0 Å². The van der Waals surface area contributed by atoms with Crippen LogP contribution in [0.5, 0.6) is 0 Å². The standard InChI is InChI=1S/C13H21N3O2/c1-3-16-12(8-10(2)14-16)9-15-6-4-11(5-7-15)13(17)18/h8,11H,3-7,9H2,1-2H3,(H,17,18). The van der Waals surface area contributed by atoms with Crippen molar-refractivity contribution in [1.29, 1.82) is 0 Å². The zero-order chi connectivity index (χ0) is 13.1. The Morgan fingerprint density at radius 3 is 2.72 bits per heavy atom. The van der Waals surface area contributed by atoms with Gasteiger partial charge in [-0.2, -0.15) is 5.10 Å². The molecule has 1 aliphatic rings. The van der Waals surface area contributed by atoms with Crippen LogP contribution in [0.25, 0.3) is 0 Å². The fourth-order valence-electron chi connectivity index (χ4n) is 2.57. The molecule has 0 aliphatic carbocycles. The average Bonchev–Trinajstić information content (AvgIpc) is 2.70. The van der Waals surface area contributed by atoms with Gasteiger partial charge in [0.25, 0.3) is 0 Å². The van der Waals surface area contributed by atoms with Crippen molar-refractivity contribution in [1.82, 2.24) is 14.7 Å². The second kappa shape index (κ2) is 5.52. The first-order valence-electron chi connectivity index (χ1n) is 6.58. The van der Waals surface area contributed by atoms with Gasteiger partial charge >= 0.3 is 5.97 Å². The number of carboxylic acids is 1. The van der Waals surface area contributed by atoms with Crippen LogP contribution in [-0.4, -0.2) is 38.8 Å². The molecule has 0 amide bonds. The maximum atomic E-state index is 10.9. The molecule has 0 aromatic carbocycles. The van der Waals surface area contributed by atoms with Crippen LogP contribution >= 0.6 is 0 Å². The summed E-state index contributed by atoms with van der Waals surface area (Å²) in [7, 11) is 0. The molecule has 0 radical (unpaired) electrons. The highest BCUT2D eigenvalue weighted by Crippen LogP contribution is 2.19. The van der Waals surface area contributed by atoms with Gasteiger partial charge in [-0.25, -0.2) is 0 Å². The van der Waals surface area contributed by atoms with Crippen LogP contribution in [0.2, 0.25) is 0 Å². The minimum Gasteiger partial charge on any atom is -0.481 e. The number of nitrogens with zero attached hydrogens (tertiary/aromatic N) is 3. The van der Waals surface area contributed by atoms with E-state index in [0.717, 1.165) is 44.7 Å². The van der Waals surface area contributed by atoms with E-state index in [1.165, 1.54) is 5.69 Å². The molecule has 0 atom stereocenters. The van der Waals surface area contributed by atoms with Crippen molar-refractivity contribution >= 4 is 5.97 Å². The minimum atomic E-state index is -0.649. The van der Waals surface area contributed by atoms with Gasteiger partial charge in [-0.3, -0.25) is 14.4 Å². The summed E-state index contributed by atoms with van der Waals surface area (Å²) in [5.74, 6) is -0.803. The Morgan fingerprint density at radius 1 is 1.50 bits per heavy atom. The van der Waals surface area contributed by atoms with Crippen molar-refractivity contribution in [3.63, 3.8) is 0 Å². The van der Waals surface area contributed by atoms with Gasteiger partial charge in [0.15, 0.2) is 0 Å². The molecule has 1 aromatic heterocycles. The number of carbonyl (C=O) groups is 1. The Bertz CT molecular complexity index is 420. The number of aryl methyl sites for hydroxylation is 2. The molecule has 5 heteroatoms. The number of aromatic nitrogens is 2. The monoisotopic (exact) mass is 251 g/mol. The largest absolute Gasteiger partial charge is 0.481 e. The van der Waals surface area contributed by atoms with Crippen molar-refractivity contribution in [2.45, 2.75) is 39.8 Å². The zero-order valence-corrected chi connectivity index (χ0v) is 11.1. The maximum absolute atomic E-state index is 10.9. The highest BCUT2D eigenvalue weighted by atomic mass is 16.4. The molecule has 100 valence electrons. The van der Waals surface area contributed by atoms with E-state index in [0.29, 0.717) is 0 Å². The van der Waals surface area contributed by atoms with E-state index in [-0.39, 0.29) is 5.92 Å². The Kier molecular flexibility index (Phi) is 4.01. The van der Waals surface area contributed by atoms with Crippen molar-refractivity contribution in [3.05, 3.63) is 17.5 Å². The highest BCUT2D eigenvalue weighted by molar-refractivity contribution is 5.70. The van der Waals surface area contributed by atoms with Gasteiger partial charge in [-0.05, 0) is 45.8 Å². The summed E-state index contributed by atoms with van der Waals surface area (Å²) in [4.78, 5) is 13.2. The lowest BCUT2D eigenvalue weighted by molar-refractivity contribution is -0.143. The average molecular weight is 251 g/mol. The summed E-state index contributed by atoms with van der Waals surface area (Å²) in [6, 6.07) is 2.12. The molecule has 1 fully saturated rings. The van der Waals surface area contributed by atoms with Crippen LogP contribution in [-0.2, 0) is 17.9 Å². The van der Waals surface area contributed by atoms with Crippen LogP contribution in [0.1, 0.15) is 31.2 Å². The van der Waals surface area contributed by atoms with Crippen LogP contribution in [0.15, 0.2) is 6.07 Å². The molecule has 1 N–H and O–H groups in total. The fourth-order valence-corrected chi connectivity index (χ4v) is 2.57. The first-order chi connectivity index (χ1) is 8.60. The third-order valence-electron chi connectivity index (χ3n) is 3.61. The van der Waals surface area contributed by atoms with Crippen LogP contribution in [0.4, 0.5) is 0 Å². The molecule has 2 heterocycles. The van der Waals surface area contributed by atoms with E-state index in [1.54, 1.807) is 0 Å². The van der Waals surface area contributed by atoms with E-state index >= 15 is 0 Å². The van der Waals surface area contributed by atoms with E-state index in [1.807, 2.05) is 11.6 Å². The maximum Gasteiger partial charge on any atom is 0.306 e. The quantitative estimate of drug-likeness (QED) is 0.881. The molecular formula is C13H21N3O2. The van der Waals surface area contributed by atoms with E-state index < -0.39 is 5.97 Å². The van der Waals surface area contributed by atoms with Gasteiger partial charge in [-0.1, -0.05) is 0 Å². The molecule has 18 heavy (non-hydrogen) atoms. The number of carboxylic acid groups (broad SMARTS) is 1. The molecule has 0 unspecified atom stereocenters. The Labute approximate surface area is 107 Å². The SMILES string of the molecule is CCn1nc(C)cc1CN1CCC(C(=O)O)CC1. The molecular weight excluding hydrogens is 230 g/mol. The minimum absolute atomic E-state index is 0.154. The molecule has 1 aliphatic heterocycles. The van der Waals surface area contributed by atoms with Gasteiger partial charge < -0.3 is 5.11 Å². The number of hydrogen-bond acceptors (Lipinski definition) is 3. The summed E-state index contributed by atoms with van der Waals surface area (Å²) in [5, 5.41) is 13.4. The Morgan fingerprint density at radius 2 is 2.17 bits per heavy atom. The second-order valence-corrected chi connectivity index (χ2v) is 4.98. The van der Waals surface area contributed by atoms with E-state index in [2.05, 4.69) is 23.0 Å². The van der Waals surface area contributed by atoms with Crippen molar-refractivity contribution in [2.75, 3.05) is 13.1 Å². The normalized spacial score (nSPS) is 18.1. The fraction of sp³-hybridized carbons (Fsp3) is 0.692. The van der Waals surface area contributed by atoms with Crippen molar-refractivity contribution < 1.29 is 9.90 Å². The number of aliphatic carboxylic acids is 1. The first kappa shape index (κ1) is 13.1. The third-order valence-corrected chi connectivity index (χ3v) is 3.61. The molecule has 2 rings (SSSR count). The molecule has 5 nitrogen and oxygen atoms in total. The van der Waals surface area contributed by atoms with Gasteiger partial charge in [0.05, 0.1) is 17.3 Å². The number of hydrogen-bond donors (Lipinski definition) is 1. The summed E-state index contributed by atoms with van der Waals surface area (Å²) >= 11 is 0. The van der Waals surface area contributed by atoms with Crippen LogP contribution < -0.4 is 0 Å². The topological polar surface area (TPSA) is 58.4 Å². The summed E-state index contributed by atoms with van der Waals surface area (Å²) in [5.41, 5.74) is 2.27. The summed E-state index contributed by atoms with van der Waals surface area (Å²) < 4.78 is 2.03. The molecule has 0 saturated carbocycles. The Balaban J connectivity index is 1.93. The number of rotatable bonds is 4. The lowest BCUT2D eigenvalue weighted by Crippen LogP contribution is -2.36. The summed E-state index contributed by atoms with van der Waals surface area (Å²) in [6.07, 6.45) is 1.52. The Hall–Kier alpha value is -1.36. The third kappa shape index (κ3) is 2.90. The molecule has 1 saturated heterocycles. The van der Waals surface area contributed by atoms with E-state index in [4.69, 9.17) is 5.11 Å². The zero-order valence-electron chi connectivity index (χ0n) is 11.1. The first-order valence-corrected chi connectivity index (χ1v) is 6.58. The molecule has 1 aromatic rings. The van der Waals surface area contributed by atoms with Crippen molar-refractivity contribution in [3.8, 4) is 0 Å². The van der Waals surface area contributed by atoms with Crippen molar-refractivity contribution in [2.24, 2.45) is 5.92 Å². The van der Waals surface area contributed by atoms with Gasteiger partial charge in [0, 0.05) is 13.1 Å². The predicted molar refractivity (Wildman–Crippen MR) is 68.3 cm³/mol. The lowest BCUT2D eigenvalue weighted by Gasteiger charge is -2.29. The second-order valence-electron chi connectivity index (χ2n) is 4.98. The van der Waals surface area contributed by atoms with E-state index in [9.17, 15) is 4.79 Å². The predicted octanol–water partition coefficient (Wildman–Crippen LogP) is 1.51. The summed E-state index contributed by atoms with van der Waals surface area (Å²) in [6.45, 7) is 7.59. The molecule has 0 spiro atoms. The van der Waals surface area contributed by atoms with Crippen LogP contribution in [0, 0.1) is 12.8 Å². The van der Waals surface area contributed by atoms with Crippen LogP contribution in [0.3, 0.4) is 0 Å². The number of likely N-dealkylation sites (tertiary alicyclic amines) is 1. The number of piperidine rings is 1. The lowest BCUT2D eigenvalue weighted by atomic mass is 9.97. The van der Waals surface area contributed by atoms with Gasteiger partial charge in [0.1, 0.15) is 0 Å². The smallest absolute Gasteiger partial charge is 0.306 e. The highest BCUT2D eigenvalue weighted by Gasteiger charge is 2.24. The van der Waals surface area contributed by atoms with Gasteiger partial charge in [-0.15, -0.1) is 0 Å².